The summed E-state index contributed by atoms with van der Waals surface area (Å²) in [5.41, 5.74) is 6.87. The van der Waals surface area contributed by atoms with Gasteiger partial charge in [0.25, 0.3) is 0 Å². The highest BCUT2D eigenvalue weighted by molar-refractivity contribution is 9.10. The molecule has 1 aliphatic heterocycles. The topological polar surface area (TPSA) is 35.2 Å². The standard InChI is InChI=1S/C10H12BrNO/c11-9-2-1-3-10-8(9)4-7(5-12)6-13-10/h1-3,7H,4-6,12H2. The molecule has 0 bridgehead atoms. The van der Waals surface area contributed by atoms with Crippen molar-refractivity contribution in [1.82, 2.24) is 0 Å². The van der Waals surface area contributed by atoms with Gasteiger partial charge in [-0.2, -0.15) is 0 Å². The van der Waals surface area contributed by atoms with Gasteiger partial charge in [0.2, 0.25) is 0 Å². The van der Waals surface area contributed by atoms with Crippen LogP contribution in [0.4, 0.5) is 0 Å². The van der Waals surface area contributed by atoms with Crippen molar-refractivity contribution in [2.45, 2.75) is 6.42 Å². The molecule has 1 unspecified atom stereocenters. The Bertz CT molecular complexity index is 314. The highest BCUT2D eigenvalue weighted by atomic mass is 79.9. The van der Waals surface area contributed by atoms with E-state index in [2.05, 4.69) is 15.9 Å². The van der Waals surface area contributed by atoms with Crippen LogP contribution >= 0.6 is 15.9 Å². The van der Waals surface area contributed by atoms with Gasteiger partial charge >= 0.3 is 0 Å². The van der Waals surface area contributed by atoms with Crippen LogP contribution in [-0.4, -0.2) is 13.2 Å². The van der Waals surface area contributed by atoms with E-state index >= 15 is 0 Å². The molecule has 0 radical (unpaired) electrons. The highest BCUT2D eigenvalue weighted by Crippen LogP contribution is 2.32. The van der Waals surface area contributed by atoms with Crippen LogP contribution in [0, 0.1) is 5.92 Å². The quantitative estimate of drug-likeness (QED) is 0.816. The number of rotatable bonds is 1. The molecule has 0 aromatic heterocycles. The molecule has 13 heavy (non-hydrogen) atoms. The Balaban J connectivity index is 2.32. The predicted octanol–water partition coefficient (Wildman–Crippen LogP) is 1.96. The van der Waals surface area contributed by atoms with Crippen molar-refractivity contribution in [3.05, 3.63) is 28.2 Å². The molecule has 0 saturated heterocycles. The molecule has 1 heterocycles. The van der Waals surface area contributed by atoms with Crippen molar-refractivity contribution in [2.75, 3.05) is 13.2 Å². The number of ether oxygens (including phenoxy) is 1. The smallest absolute Gasteiger partial charge is 0.123 e. The van der Waals surface area contributed by atoms with Crippen LogP contribution in [0.1, 0.15) is 5.56 Å². The maximum Gasteiger partial charge on any atom is 0.123 e. The third kappa shape index (κ3) is 1.71. The average molecular weight is 242 g/mol. The summed E-state index contributed by atoms with van der Waals surface area (Å²) in [6, 6.07) is 6.04. The first kappa shape index (κ1) is 9.03. The Hall–Kier alpha value is -0.540. The normalized spacial score (nSPS) is 20.6. The minimum absolute atomic E-state index is 0.464. The summed E-state index contributed by atoms with van der Waals surface area (Å²) in [5.74, 6) is 1.46. The van der Waals surface area contributed by atoms with Crippen LogP contribution in [0.5, 0.6) is 5.75 Å². The molecule has 0 amide bonds. The summed E-state index contributed by atoms with van der Waals surface area (Å²) in [4.78, 5) is 0. The molecule has 1 aromatic rings. The van der Waals surface area contributed by atoms with Gasteiger partial charge < -0.3 is 10.5 Å². The fourth-order valence-corrected chi connectivity index (χ4v) is 2.09. The Morgan fingerprint density at radius 2 is 2.38 bits per heavy atom. The van der Waals surface area contributed by atoms with Gasteiger partial charge in [-0.1, -0.05) is 22.0 Å². The van der Waals surface area contributed by atoms with E-state index in [0.717, 1.165) is 23.2 Å². The molecule has 70 valence electrons. The Kier molecular flexibility index (Phi) is 2.56. The summed E-state index contributed by atoms with van der Waals surface area (Å²) in [7, 11) is 0. The lowest BCUT2D eigenvalue weighted by molar-refractivity contribution is 0.226. The molecule has 0 aliphatic carbocycles. The van der Waals surface area contributed by atoms with Gasteiger partial charge in [0.05, 0.1) is 6.61 Å². The lowest BCUT2D eigenvalue weighted by Crippen LogP contribution is -2.27. The second-order valence-electron chi connectivity index (χ2n) is 3.33. The molecule has 0 fully saturated rings. The lowest BCUT2D eigenvalue weighted by Gasteiger charge is -2.24. The molecule has 3 heteroatoms. The number of nitrogens with two attached hydrogens (primary N) is 1. The first-order valence-corrected chi connectivity index (χ1v) is 5.21. The third-order valence-corrected chi connectivity index (χ3v) is 3.12. The van der Waals surface area contributed by atoms with Crippen LogP contribution in [0.3, 0.4) is 0 Å². The molecular weight excluding hydrogens is 230 g/mol. The second kappa shape index (κ2) is 3.68. The van der Waals surface area contributed by atoms with E-state index in [1.165, 1.54) is 5.56 Å². The third-order valence-electron chi connectivity index (χ3n) is 2.38. The van der Waals surface area contributed by atoms with E-state index in [1.54, 1.807) is 0 Å². The summed E-state index contributed by atoms with van der Waals surface area (Å²) in [6.45, 7) is 1.45. The van der Waals surface area contributed by atoms with Gasteiger partial charge in [-0.25, -0.2) is 0 Å². The van der Waals surface area contributed by atoms with E-state index in [4.69, 9.17) is 10.5 Å². The molecule has 1 atom stereocenters. The van der Waals surface area contributed by atoms with Crippen LogP contribution in [-0.2, 0) is 6.42 Å². The average Bonchev–Trinajstić information content (AvgIpc) is 2.18. The Morgan fingerprint density at radius 3 is 3.15 bits per heavy atom. The fraction of sp³-hybridized carbons (Fsp3) is 0.400. The van der Waals surface area contributed by atoms with Crippen molar-refractivity contribution in [2.24, 2.45) is 11.7 Å². The first-order chi connectivity index (χ1) is 6.31. The molecule has 0 spiro atoms. The predicted molar refractivity (Wildman–Crippen MR) is 55.9 cm³/mol. The number of hydrogen-bond donors (Lipinski definition) is 1. The number of benzene rings is 1. The lowest BCUT2D eigenvalue weighted by atomic mass is 9.97. The molecule has 2 nitrogen and oxygen atoms in total. The number of fused-ring (bicyclic) bond motifs is 1. The van der Waals surface area contributed by atoms with Crippen molar-refractivity contribution < 1.29 is 4.74 Å². The first-order valence-electron chi connectivity index (χ1n) is 4.41. The van der Waals surface area contributed by atoms with Crippen molar-refractivity contribution >= 4 is 15.9 Å². The fourth-order valence-electron chi connectivity index (χ4n) is 1.58. The van der Waals surface area contributed by atoms with Gasteiger partial charge in [0, 0.05) is 16.0 Å². The summed E-state index contributed by atoms with van der Waals surface area (Å²) in [6.07, 6.45) is 1.02. The van der Waals surface area contributed by atoms with Gasteiger partial charge in [-0.3, -0.25) is 0 Å². The zero-order valence-corrected chi connectivity index (χ0v) is 8.88. The van der Waals surface area contributed by atoms with E-state index < -0.39 is 0 Å². The maximum atomic E-state index is 5.62. The largest absolute Gasteiger partial charge is 0.493 e. The van der Waals surface area contributed by atoms with Crippen molar-refractivity contribution in [3.8, 4) is 5.75 Å². The SMILES string of the molecule is NCC1COc2cccc(Br)c2C1. The van der Waals surface area contributed by atoms with Gasteiger partial charge in [0.1, 0.15) is 5.75 Å². The summed E-state index contributed by atoms with van der Waals surface area (Å²) < 4.78 is 6.73. The van der Waals surface area contributed by atoms with Crippen LogP contribution < -0.4 is 10.5 Å². The van der Waals surface area contributed by atoms with Crippen LogP contribution in [0.25, 0.3) is 0 Å². The van der Waals surface area contributed by atoms with E-state index in [0.29, 0.717) is 12.5 Å². The van der Waals surface area contributed by atoms with Gasteiger partial charge in [-0.05, 0) is 25.1 Å². The molecule has 1 aliphatic rings. The van der Waals surface area contributed by atoms with Gasteiger partial charge in [-0.15, -0.1) is 0 Å². The molecule has 0 saturated carbocycles. The van der Waals surface area contributed by atoms with Gasteiger partial charge in [0.15, 0.2) is 0 Å². The van der Waals surface area contributed by atoms with E-state index in [-0.39, 0.29) is 0 Å². The summed E-state index contributed by atoms with van der Waals surface area (Å²) >= 11 is 3.52. The number of halogens is 1. The summed E-state index contributed by atoms with van der Waals surface area (Å²) in [5, 5.41) is 0. The molecule has 2 rings (SSSR count). The zero-order valence-electron chi connectivity index (χ0n) is 7.29. The van der Waals surface area contributed by atoms with E-state index in [1.807, 2.05) is 18.2 Å². The highest BCUT2D eigenvalue weighted by Gasteiger charge is 2.19. The zero-order chi connectivity index (χ0) is 9.26. The molecular formula is C10H12BrNO. The Labute approximate surface area is 86.2 Å². The monoisotopic (exact) mass is 241 g/mol. The Morgan fingerprint density at radius 1 is 1.54 bits per heavy atom. The van der Waals surface area contributed by atoms with Crippen molar-refractivity contribution in [3.63, 3.8) is 0 Å². The van der Waals surface area contributed by atoms with Crippen LogP contribution in [0.2, 0.25) is 0 Å². The van der Waals surface area contributed by atoms with E-state index in [9.17, 15) is 0 Å². The number of hydrogen-bond acceptors (Lipinski definition) is 2. The van der Waals surface area contributed by atoms with Crippen molar-refractivity contribution in [1.29, 1.82) is 0 Å². The molecule has 1 aromatic carbocycles. The maximum absolute atomic E-state index is 5.62. The second-order valence-corrected chi connectivity index (χ2v) is 4.19. The van der Waals surface area contributed by atoms with Crippen LogP contribution in [0.15, 0.2) is 22.7 Å². The minimum atomic E-state index is 0.464. The molecule has 2 N–H and O–H groups in total. The minimum Gasteiger partial charge on any atom is -0.493 e.